The number of nitro groups is 1. The van der Waals surface area contributed by atoms with Gasteiger partial charge in [-0.05, 0) is 30.2 Å². The molecule has 0 spiro atoms. The third-order valence-electron chi connectivity index (χ3n) is 5.08. The summed E-state index contributed by atoms with van der Waals surface area (Å²) in [5.74, 6) is 0.0644. The fraction of sp³-hybridized carbons (Fsp3) is 0.364. The van der Waals surface area contributed by atoms with Crippen molar-refractivity contribution in [2.75, 3.05) is 36.4 Å². The molecule has 0 saturated carbocycles. The summed E-state index contributed by atoms with van der Waals surface area (Å²) in [6.07, 6.45) is 0.555. The van der Waals surface area contributed by atoms with Crippen molar-refractivity contribution in [2.24, 2.45) is 5.92 Å². The molecule has 0 radical (unpaired) electrons. The Morgan fingerprint density at radius 2 is 1.84 bits per heavy atom. The molecule has 0 unspecified atom stereocenters. The van der Waals surface area contributed by atoms with Crippen molar-refractivity contribution in [3.8, 4) is 0 Å². The van der Waals surface area contributed by atoms with E-state index in [0.29, 0.717) is 49.2 Å². The van der Waals surface area contributed by atoms with Crippen LogP contribution in [0.1, 0.15) is 30.6 Å². The zero-order chi connectivity index (χ0) is 22.5. The second kappa shape index (κ2) is 9.78. The van der Waals surface area contributed by atoms with Crippen molar-refractivity contribution in [1.82, 2.24) is 4.90 Å². The van der Waals surface area contributed by atoms with Gasteiger partial charge in [0.05, 0.1) is 15.6 Å². The summed E-state index contributed by atoms with van der Waals surface area (Å²) in [7, 11) is 0. The molecule has 1 N–H and O–H groups in total. The third kappa shape index (κ3) is 5.73. The Hall–Kier alpha value is -3.13. The molecule has 2 amide bonds. The topological polar surface area (TPSA) is 95.8 Å². The highest BCUT2D eigenvalue weighted by Crippen LogP contribution is 2.30. The Balaban J connectivity index is 1.63. The van der Waals surface area contributed by atoms with Gasteiger partial charge < -0.3 is 15.1 Å². The fourth-order valence-electron chi connectivity index (χ4n) is 3.48. The number of carbonyl (C=O) groups excluding carboxylic acids is 2. The second-order valence-electron chi connectivity index (χ2n) is 7.89. The molecule has 8 nitrogen and oxygen atoms in total. The first-order valence-corrected chi connectivity index (χ1v) is 10.5. The summed E-state index contributed by atoms with van der Waals surface area (Å²) < 4.78 is 0. The number of anilines is 2. The second-order valence-corrected chi connectivity index (χ2v) is 8.30. The van der Waals surface area contributed by atoms with Gasteiger partial charge in [-0.15, -0.1) is 0 Å². The Morgan fingerprint density at radius 3 is 2.45 bits per heavy atom. The van der Waals surface area contributed by atoms with E-state index in [0.717, 1.165) is 5.69 Å². The van der Waals surface area contributed by atoms with E-state index in [-0.39, 0.29) is 17.2 Å². The van der Waals surface area contributed by atoms with E-state index >= 15 is 0 Å². The summed E-state index contributed by atoms with van der Waals surface area (Å²) in [6, 6.07) is 10.8. The first-order chi connectivity index (χ1) is 14.7. The van der Waals surface area contributed by atoms with Crippen LogP contribution in [0.15, 0.2) is 42.5 Å². The van der Waals surface area contributed by atoms with Crippen LogP contribution in [0.4, 0.5) is 17.1 Å². The Kier molecular flexibility index (Phi) is 7.12. The van der Waals surface area contributed by atoms with Gasteiger partial charge in [-0.1, -0.05) is 31.5 Å². The van der Waals surface area contributed by atoms with Gasteiger partial charge in [0.25, 0.3) is 11.6 Å². The molecule has 2 aromatic carbocycles. The number of piperazine rings is 1. The number of benzene rings is 2. The molecule has 1 fully saturated rings. The summed E-state index contributed by atoms with van der Waals surface area (Å²) >= 11 is 6.46. The number of non-ortho nitro benzene ring substituents is 1. The molecule has 1 aliphatic heterocycles. The molecule has 0 atom stereocenters. The van der Waals surface area contributed by atoms with Crippen LogP contribution in [0.25, 0.3) is 0 Å². The predicted octanol–water partition coefficient (Wildman–Crippen LogP) is 4.20. The fourth-order valence-corrected chi connectivity index (χ4v) is 3.78. The van der Waals surface area contributed by atoms with Crippen LogP contribution in [0.5, 0.6) is 0 Å². The average Bonchev–Trinajstić information content (AvgIpc) is 2.73. The van der Waals surface area contributed by atoms with Crippen LogP contribution in [0, 0.1) is 16.0 Å². The van der Waals surface area contributed by atoms with Crippen molar-refractivity contribution in [3.63, 3.8) is 0 Å². The van der Waals surface area contributed by atoms with Gasteiger partial charge in [-0.2, -0.15) is 0 Å². The smallest absolute Gasteiger partial charge is 0.270 e. The molecule has 1 aliphatic rings. The molecule has 164 valence electrons. The molecule has 0 aliphatic carbocycles. The number of carbonyl (C=O) groups is 2. The maximum atomic E-state index is 12.4. The van der Waals surface area contributed by atoms with E-state index in [1.165, 1.54) is 24.3 Å². The van der Waals surface area contributed by atoms with E-state index < -0.39 is 10.8 Å². The molecule has 0 bridgehead atoms. The lowest BCUT2D eigenvalue weighted by molar-refractivity contribution is -0.384. The molecule has 9 heteroatoms. The van der Waals surface area contributed by atoms with E-state index in [4.69, 9.17) is 11.6 Å². The van der Waals surface area contributed by atoms with E-state index in [2.05, 4.69) is 10.2 Å². The first-order valence-electron chi connectivity index (χ1n) is 10.1. The monoisotopic (exact) mass is 444 g/mol. The van der Waals surface area contributed by atoms with Gasteiger partial charge >= 0.3 is 0 Å². The Labute approximate surface area is 185 Å². The van der Waals surface area contributed by atoms with Gasteiger partial charge in [0.15, 0.2) is 0 Å². The lowest BCUT2D eigenvalue weighted by atomic mass is 10.1. The van der Waals surface area contributed by atoms with E-state index in [9.17, 15) is 19.7 Å². The van der Waals surface area contributed by atoms with Crippen LogP contribution in [-0.2, 0) is 4.79 Å². The highest BCUT2D eigenvalue weighted by molar-refractivity contribution is 6.33. The summed E-state index contributed by atoms with van der Waals surface area (Å²) in [5.41, 5.74) is 1.38. The Morgan fingerprint density at radius 1 is 1.13 bits per heavy atom. The van der Waals surface area contributed by atoms with Crippen LogP contribution >= 0.6 is 11.6 Å². The number of hydrogen-bond acceptors (Lipinski definition) is 5. The number of hydrogen-bond donors (Lipinski definition) is 1. The minimum Gasteiger partial charge on any atom is -0.367 e. The minimum atomic E-state index is -0.543. The van der Waals surface area contributed by atoms with E-state index in [1.807, 2.05) is 24.8 Å². The summed E-state index contributed by atoms with van der Waals surface area (Å²) in [5, 5.41) is 14.1. The molecule has 3 rings (SSSR count). The number of halogens is 1. The molecule has 1 saturated heterocycles. The molecule has 0 aromatic heterocycles. The number of rotatable bonds is 6. The van der Waals surface area contributed by atoms with Crippen LogP contribution in [0.3, 0.4) is 0 Å². The molecular weight excluding hydrogens is 420 g/mol. The lowest BCUT2D eigenvalue weighted by Gasteiger charge is -2.36. The zero-order valence-electron chi connectivity index (χ0n) is 17.5. The molecule has 31 heavy (non-hydrogen) atoms. The summed E-state index contributed by atoms with van der Waals surface area (Å²) in [6.45, 7) is 6.73. The molecular formula is C22H25ClN4O4. The highest BCUT2D eigenvalue weighted by Gasteiger charge is 2.23. The summed E-state index contributed by atoms with van der Waals surface area (Å²) in [4.78, 5) is 39.0. The zero-order valence-corrected chi connectivity index (χ0v) is 18.3. The van der Waals surface area contributed by atoms with Crippen molar-refractivity contribution < 1.29 is 14.5 Å². The maximum Gasteiger partial charge on any atom is 0.270 e. The van der Waals surface area contributed by atoms with Crippen LogP contribution in [-0.4, -0.2) is 47.8 Å². The van der Waals surface area contributed by atoms with Crippen molar-refractivity contribution in [3.05, 3.63) is 63.2 Å². The number of amides is 2. The molecule has 2 aromatic rings. The van der Waals surface area contributed by atoms with Gasteiger partial charge in [0.1, 0.15) is 0 Å². The lowest BCUT2D eigenvalue weighted by Crippen LogP contribution is -2.49. The van der Waals surface area contributed by atoms with Gasteiger partial charge in [0, 0.05) is 56.0 Å². The standard InChI is InChI=1S/C22H25ClN4O4/c1-15(2)12-21(28)26-10-8-25(9-11-26)20-7-6-17(14-19(20)23)24-22(29)16-4-3-5-18(13-16)27(30)31/h3-7,13-15H,8-12H2,1-2H3,(H,24,29). The average molecular weight is 445 g/mol. The van der Waals surface area contributed by atoms with Crippen LogP contribution < -0.4 is 10.2 Å². The molecule has 1 heterocycles. The van der Waals surface area contributed by atoms with Crippen molar-refractivity contribution in [1.29, 1.82) is 0 Å². The Bertz CT molecular complexity index is 987. The number of nitro benzene ring substituents is 1. The normalized spacial score (nSPS) is 13.9. The maximum absolute atomic E-state index is 12.4. The van der Waals surface area contributed by atoms with E-state index in [1.54, 1.807) is 12.1 Å². The highest BCUT2D eigenvalue weighted by atomic mass is 35.5. The van der Waals surface area contributed by atoms with Crippen LogP contribution in [0.2, 0.25) is 5.02 Å². The third-order valence-corrected chi connectivity index (χ3v) is 5.38. The largest absolute Gasteiger partial charge is 0.367 e. The number of nitrogens with zero attached hydrogens (tertiary/aromatic N) is 3. The number of nitrogens with one attached hydrogen (secondary N) is 1. The predicted molar refractivity (Wildman–Crippen MR) is 121 cm³/mol. The minimum absolute atomic E-state index is 0.146. The first kappa shape index (κ1) is 22.6. The van der Waals surface area contributed by atoms with Gasteiger partial charge in [0.2, 0.25) is 5.91 Å². The SMILES string of the molecule is CC(C)CC(=O)N1CCN(c2ccc(NC(=O)c3cccc([N+](=O)[O-])c3)cc2Cl)CC1. The van der Waals surface area contributed by atoms with Gasteiger partial charge in [-0.3, -0.25) is 19.7 Å². The van der Waals surface area contributed by atoms with Crippen molar-refractivity contribution >= 4 is 40.5 Å². The van der Waals surface area contributed by atoms with Crippen molar-refractivity contribution in [2.45, 2.75) is 20.3 Å². The van der Waals surface area contributed by atoms with Gasteiger partial charge in [-0.25, -0.2) is 0 Å². The quantitative estimate of drug-likeness (QED) is 0.532.